The maximum atomic E-state index is 5.52. The molecule has 0 fully saturated rings. The molecule has 3 aromatic rings. The van der Waals surface area contributed by atoms with Crippen LogP contribution in [0.3, 0.4) is 0 Å². The van der Waals surface area contributed by atoms with Gasteiger partial charge in [-0.15, -0.1) is 0 Å². The minimum Gasteiger partial charge on any atom is -0.396 e. The summed E-state index contributed by atoms with van der Waals surface area (Å²) in [6.07, 6.45) is 6.15. The van der Waals surface area contributed by atoms with Gasteiger partial charge in [-0.1, -0.05) is 0 Å². The van der Waals surface area contributed by atoms with Crippen LogP contribution in [-0.4, -0.2) is 29.9 Å². The van der Waals surface area contributed by atoms with Crippen LogP contribution in [0.5, 0.6) is 0 Å². The van der Waals surface area contributed by atoms with Crippen LogP contribution in [0.25, 0.3) is 11.2 Å². The number of aromatic amines is 1. The van der Waals surface area contributed by atoms with Crippen molar-refractivity contribution >= 4 is 28.6 Å². The number of H-pyrrole nitrogens is 1. The summed E-state index contributed by atoms with van der Waals surface area (Å²) in [6, 6.07) is 0. The molecule has 0 unspecified atom stereocenters. The molecule has 0 aromatic carbocycles. The lowest BCUT2D eigenvalue weighted by Gasteiger charge is -1.99. The van der Waals surface area contributed by atoms with E-state index in [1.165, 1.54) is 18.1 Å². The first-order valence-electron chi connectivity index (χ1n) is 4.72. The summed E-state index contributed by atoms with van der Waals surface area (Å²) >= 11 is 1.33. The zero-order valence-corrected chi connectivity index (χ0v) is 9.35. The first kappa shape index (κ1) is 9.97. The van der Waals surface area contributed by atoms with Crippen molar-refractivity contribution in [2.75, 3.05) is 5.73 Å². The minimum atomic E-state index is 0.531. The summed E-state index contributed by atoms with van der Waals surface area (Å²) in [4.78, 5) is 23.4. The minimum absolute atomic E-state index is 0.531. The van der Waals surface area contributed by atoms with Crippen molar-refractivity contribution in [2.45, 2.75) is 10.2 Å². The van der Waals surface area contributed by atoms with Crippen molar-refractivity contribution in [3.8, 4) is 0 Å². The number of fused-ring (bicyclic) bond motifs is 1. The summed E-state index contributed by atoms with van der Waals surface area (Å²) < 4.78 is 0. The number of nitrogens with zero attached hydrogens (tertiary/aromatic N) is 5. The van der Waals surface area contributed by atoms with E-state index in [1.54, 1.807) is 18.7 Å². The number of nitrogens with two attached hydrogens (primary N) is 1. The van der Waals surface area contributed by atoms with Crippen molar-refractivity contribution in [3.63, 3.8) is 0 Å². The van der Waals surface area contributed by atoms with Gasteiger partial charge in [0.25, 0.3) is 0 Å². The van der Waals surface area contributed by atoms with E-state index in [-0.39, 0.29) is 0 Å². The van der Waals surface area contributed by atoms with Gasteiger partial charge < -0.3 is 10.7 Å². The highest BCUT2D eigenvalue weighted by atomic mass is 32.2. The van der Waals surface area contributed by atoms with Gasteiger partial charge in [0.05, 0.1) is 24.4 Å². The zero-order chi connectivity index (χ0) is 11.7. The molecule has 0 saturated carbocycles. The molecule has 0 aliphatic carbocycles. The normalized spacial score (nSPS) is 10.8. The molecule has 3 aromatic heterocycles. The molecule has 0 saturated heterocycles. The lowest BCUT2D eigenvalue weighted by Crippen LogP contribution is -1.92. The molecule has 0 aliphatic heterocycles. The molecular formula is C9H7N7S. The molecule has 0 amide bonds. The first-order valence-corrected chi connectivity index (χ1v) is 5.54. The van der Waals surface area contributed by atoms with E-state index in [4.69, 9.17) is 5.73 Å². The predicted molar refractivity (Wildman–Crippen MR) is 62.3 cm³/mol. The summed E-state index contributed by atoms with van der Waals surface area (Å²) in [5.74, 6) is 0. The van der Waals surface area contributed by atoms with Crippen LogP contribution in [0.1, 0.15) is 0 Å². The summed E-state index contributed by atoms with van der Waals surface area (Å²) in [7, 11) is 0. The number of aromatic nitrogens is 6. The average Bonchev–Trinajstić information content (AvgIpc) is 2.81. The molecular weight excluding hydrogens is 238 g/mol. The van der Waals surface area contributed by atoms with Crippen LogP contribution in [0.15, 0.2) is 35.2 Å². The second-order valence-electron chi connectivity index (χ2n) is 3.18. The maximum Gasteiger partial charge on any atom is 0.194 e. The molecule has 0 spiro atoms. The predicted octanol–water partition coefficient (Wildman–Crippen LogP) is 0.876. The van der Waals surface area contributed by atoms with Crippen LogP contribution >= 0.6 is 11.8 Å². The molecule has 84 valence electrons. The van der Waals surface area contributed by atoms with Crippen molar-refractivity contribution in [1.82, 2.24) is 29.9 Å². The molecule has 0 aliphatic rings. The summed E-state index contributed by atoms with van der Waals surface area (Å²) in [5, 5.41) is 1.31. The Bertz CT molecular complexity index is 648. The molecule has 0 atom stereocenters. The molecule has 3 N–H and O–H groups in total. The van der Waals surface area contributed by atoms with Gasteiger partial charge in [0.1, 0.15) is 16.9 Å². The average molecular weight is 245 g/mol. The Morgan fingerprint density at radius 2 is 1.88 bits per heavy atom. The van der Waals surface area contributed by atoms with Crippen molar-refractivity contribution in [2.24, 2.45) is 0 Å². The number of hydrogen-bond donors (Lipinski definition) is 2. The summed E-state index contributed by atoms with van der Waals surface area (Å²) in [5.41, 5.74) is 7.45. The van der Waals surface area contributed by atoms with Gasteiger partial charge in [-0.05, 0) is 11.8 Å². The van der Waals surface area contributed by atoms with Gasteiger partial charge >= 0.3 is 0 Å². The number of nitrogens with one attached hydrogen (secondary N) is 1. The third-order valence-corrected chi connectivity index (χ3v) is 2.92. The Kier molecular flexibility index (Phi) is 2.33. The second kappa shape index (κ2) is 3.98. The van der Waals surface area contributed by atoms with Gasteiger partial charge in [0.2, 0.25) is 0 Å². The molecule has 0 radical (unpaired) electrons. The van der Waals surface area contributed by atoms with Crippen LogP contribution in [0.2, 0.25) is 0 Å². The Morgan fingerprint density at radius 3 is 2.71 bits per heavy atom. The quantitative estimate of drug-likeness (QED) is 0.509. The largest absolute Gasteiger partial charge is 0.396 e. The SMILES string of the molecule is Nc1cnc(Sc2ncnc3nc[nH]c23)nc1. The van der Waals surface area contributed by atoms with E-state index in [2.05, 4.69) is 29.9 Å². The van der Waals surface area contributed by atoms with Crippen molar-refractivity contribution in [3.05, 3.63) is 25.0 Å². The Hall–Kier alpha value is -2.22. The molecule has 17 heavy (non-hydrogen) atoms. The van der Waals surface area contributed by atoms with Gasteiger partial charge in [0.15, 0.2) is 10.8 Å². The smallest absolute Gasteiger partial charge is 0.194 e. The van der Waals surface area contributed by atoms with E-state index in [1.807, 2.05) is 0 Å². The Morgan fingerprint density at radius 1 is 1.06 bits per heavy atom. The second-order valence-corrected chi connectivity index (χ2v) is 4.14. The number of rotatable bonds is 2. The highest BCUT2D eigenvalue weighted by Gasteiger charge is 2.08. The topological polar surface area (TPSA) is 106 Å². The van der Waals surface area contributed by atoms with Gasteiger partial charge in [-0.25, -0.2) is 24.9 Å². The summed E-state index contributed by atoms with van der Waals surface area (Å²) in [6.45, 7) is 0. The van der Waals surface area contributed by atoms with Crippen LogP contribution in [-0.2, 0) is 0 Å². The Labute approximate surface area is 99.9 Å². The highest BCUT2D eigenvalue weighted by molar-refractivity contribution is 7.99. The lowest BCUT2D eigenvalue weighted by molar-refractivity contribution is 0.963. The highest BCUT2D eigenvalue weighted by Crippen LogP contribution is 2.26. The Balaban J connectivity index is 1.99. The van der Waals surface area contributed by atoms with Crippen molar-refractivity contribution in [1.29, 1.82) is 0 Å². The van der Waals surface area contributed by atoms with E-state index in [0.717, 1.165) is 10.5 Å². The molecule has 3 heterocycles. The van der Waals surface area contributed by atoms with Gasteiger partial charge in [-0.3, -0.25) is 0 Å². The molecule has 8 heteroatoms. The van der Waals surface area contributed by atoms with Crippen LogP contribution < -0.4 is 5.73 Å². The zero-order valence-electron chi connectivity index (χ0n) is 8.53. The van der Waals surface area contributed by atoms with E-state index in [9.17, 15) is 0 Å². The monoisotopic (exact) mass is 245 g/mol. The van der Waals surface area contributed by atoms with E-state index < -0.39 is 0 Å². The third-order valence-electron chi connectivity index (χ3n) is 2.02. The van der Waals surface area contributed by atoms with E-state index in [0.29, 0.717) is 16.5 Å². The van der Waals surface area contributed by atoms with Crippen LogP contribution in [0.4, 0.5) is 5.69 Å². The third kappa shape index (κ3) is 1.89. The van der Waals surface area contributed by atoms with Gasteiger partial charge in [-0.2, -0.15) is 0 Å². The van der Waals surface area contributed by atoms with E-state index >= 15 is 0 Å². The fourth-order valence-corrected chi connectivity index (χ4v) is 2.02. The standard InChI is InChI=1S/C9H7N7S/c10-5-1-11-9(12-2-5)17-8-6-7(14-3-13-6)15-4-16-8/h1-4H,10H2,(H,13,14,15,16). The lowest BCUT2D eigenvalue weighted by atomic mass is 10.6. The number of nitrogen functional groups attached to an aromatic ring is 1. The molecule has 0 bridgehead atoms. The first-order chi connectivity index (χ1) is 8.33. The maximum absolute atomic E-state index is 5.52. The van der Waals surface area contributed by atoms with Crippen molar-refractivity contribution < 1.29 is 0 Å². The number of imidazole rings is 1. The fourth-order valence-electron chi connectivity index (χ4n) is 1.29. The fraction of sp³-hybridized carbons (Fsp3) is 0. The molecule has 3 rings (SSSR count). The number of anilines is 1. The van der Waals surface area contributed by atoms with Crippen LogP contribution in [0, 0.1) is 0 Å². The number of hydrogen-bond acceptors (Lipinski definition) is 7. The molecule has 7 nitrogen and oxygen atoms in total. The van der Waals surface area contributed by atoms with Gasteiger partial charge in [0, 0.05) is 0 Å².